The SMILES string of the molecule is O=C(O)C1CC=CC1c1ccccc1. The first-order valence-electron chi connectivity index (χ1n) is 4.73. The highest BCUT2D eigenvalue weighted by Crippen LogP contribution is 2.34. The molecule has 0 spiro atoms. The Morgan fingerprint density at radius 1 is 1.29 bits per heavy atom. The molecule has 1 aromatic carbocycles. The maximum atomic E-state index is 10.9. The minimum Gasteiger partial charge on any atom is -0.481 e. The van der Waals surface area contributed by atoms with Crippen LogP contribution in [0, 0.1) is 5.92 Å². The molecule has 0 radical (unpaired) electrons. The summed E-state index contributed by atoms with van der Waals surface area (Å²) in [5.74, 6) is -0.935. The van der Waals surface area contributed by atoms with E-state index in [0.717, 1.165) is 5.56 Å². The van der Waals surface area contributed by atoms with Crippen molar-refractivity contribution in [2.75, 3.05) is 0 Å². The van der Waals surface area contributed by atoms with Gasteiger partial charge >= 0.3 is 5.97 Å². The normalized spacial score (nSPS) is 25.1. The molecular weight excluding hydrogens is 176 g/mol. The number of rotatable bonds is 2. The molecule has 0 saturated carbocycles. The Hall–Kier alpha value is -1.57. The molecule has 1 aromatic rings. The van der Waals surface area contributed by atoms with Gasteiger partial charge in [-0.05, 0) is 12.0 Å². The molecule has 0 aliphatic heterocycles. The van der Waals surface area contributed by atoms with Crippen LogP contribution in [0.4, 0.5) is 0 Å². The summed E-state index contributed by atoms with van der Waals surface area (Å²) in [7, 11) is 0. The maximum absolute atomic E-state index is 10.9. The van der Waals surface area contributed by atoms with E-state index in [9.17, 15) is 4.79 Å². The molecule has 0 bridgehead atoms. The van der Waals surface area contributed by atoms with Crippen LogP contribution in [-0.2, 0) is 4.79 Å². The molecule has 14 heavy (non-hydrogen) atoms. The van der Waals surface area contributed by atoms with Crippen LogP contribution in [0.25, 0.3) is 0 Å². The number of carboxylic acid groups (broad SMARTS) is 1. The Morgan fingerprint density at radius 3 is 2.64 bits per heavy atom. The Morgan fingerprint density at radius 2 is 2.00 bits per heavy atom. The molecule has 2 atom stereocenters. The molecule has 2 heteroatoms. The van der Waals surface area contributed by atoms with Crippen LogP contribution in [-0.4, -0.2) is 11.1 Å². The fraction of sp³-hybridized carbons (Fsp3) is 0.250. The van der Waals surface area contributed by atoms with E-state index in [1.165, 1.54) is 0 Å². The van der Waals surface area contributed by atoms with Crippen molar-refractivity contribution in [3.8, 4) is 0 Å². The van der Waals surface area contributed by atoms with Gasteiger partial charge in [-0.25, -0.2) is 0 Å². The van der Waals surface area contributed by atoms with Crippen molar-refractivity contribution in [3.63, 3.8) is 0 Å². The molecular formula is C12H12O2. The lowest BCUT2D eigenvalue weighted by Gasteiger charge is -2.15. The van der Waals surface area contributed by atoms with Crippen molar-refractivity contribution in [2.24, 2.45) is 5.92 Å². The molecule has 0 saturated heterocycles. The van der Waals surface area contributed by atoms with Gasteiger partial charge in [0.15, 0.2) is 0 Å². The van der Waals surface area contributed by atoms with Crippen LogP contribution in [0.5, 0.6) is 0 Å². The molecule has 2 unspecified atom stereocenters. The Labute approximate surface area is 82.9 Å². The summed E-state index contributed by atoms with van der Waals surface area (Å²) in [6, 6.07) is 9.80. The molecule has 0 amide bonds. The Balaban J connectivity index is 2.26. The van der Waals surface area contributed by atoms with Crippen LogP contribution in [0.2, 0.25) is 0 Å². The number of hydrogen-bond donors (Lipinski definition) is 1. The number of allylic oxidation sites excluding steroid dienone is 2. The van der Waals surface area contributed by atoms with Gasteiger partial charge < -0.3 is 5.11 Å². The second-order valence-corrected chi connectivity index (χ2v) is 3.55. The number of hydrogen-bond acceptors (Lipinski definition) is 1. The molecule has 72 valence electrons. The zero-order valence-corrected chi connectivity index (χ0v) is 7.76. The summed E-state index contributed by atoms with van der Waals surface area (Å²) >= 11 is 0. The van der Waals surface area contributed by atoms with Gasteiger partial charge in [0.25, 0.3) is 0 Å². The Bertz CT molecular complexity index is 354. The van der Waals surface area contributed by atoms with Gasteiger partial charge in [0.2, 0.25) is 0 Å². The van der Waals surface area contributed by atoms with Gasteiger partial charge in [-0.1, -0.05) is 42.5 Å². The third-order valence-electron chi connectivity index (χ3n) is 2.67. The first kappa shape index (κ1) is 9.00. The zero-order chi connectivity index (χ0) is 9.97. The minimum atomic E-state index is -0.705. The van der Waals surface area contributed by atoms with Gasteiger partial charge in [0, 0.05) is 5.92 Å². The van der Waals surface area contributed by atoms with E-state index in [1.54, 1.807) is 0 Å². The van der Waals surface area contributed by atoms with Crippen LogP contribution in [0.1, 0.15) is 17.9 Å². The van der Waals surface area contributed by atoms with Crippen LogP contribution in [0.3, 0.4) is 0 Å². The first-order chi connectivity index (χ1) is 6.79. The second-order valence-electron chi connectivity index (χ2n) is 3.55. The fourth-order valence-electron chi connectivity index (χ4n) is 1.93. The molecule has 1 aliphatic rings. The molecule has 2 nitrogen and oxygen atoms in total. The van der Waals surface area contributed by atoms with Crippen molar-refractivity contribution in [1.82, 2.24) is 0 Å². The third-order valence-corrected chi connectivity index (χ3v) is 2.67. The molecule has 0 heterocycles. The van der Waals surface area contributed by atoms with E-state index in [-0.39, 0.29) is 11.8 Å². The first-order valence-corrected chi connectivity index (χ1v) is 4.73. The largest absolute Gasteiger partial charge is 0.481 e. The van der Waals surface area contributed by atoms with Crippen molar-refractivity contribution >= 4 is 5.97 Å². The summed E-state index contributed by atoms with van der Waals surface area (Å²) in [6.45, 7) is 0. The molecule has 1 N–H and O–H groups in total. The van der Waals surface area contributed by atoms with Crippen LogP contribution >= 0.6 is 0 Å². The van der Waals surface area contributed by atoms with Gasteiger partial charge in [-0.2, -0.15) is 0 Å². The molecule has 0 aromatic heterocycles. The highest BCUT2D eigenvalue weighted by Gasteiger charge is 2.29. The van der Waals surface area contributed by atoms with Gasteiger partial charge in [0.05, 0.1) is 5.92 Å². The highest BCUT2D eigenvalue weighted by atomic mass is 16.4. The van der Waals surface area contributed by atoms with Crippen molar-refractivity contribution in [3.05, 3.63) is 48.0 Å². The van der Waals surface area contributed by atoms with Gasteiger partial charge in [-0.3, -0.25) is 4.79 Å². The summed E-state index contributed by atoms with van der Waals surface area (Å²) < 4.78 is 0. The van der Waals surface area contributed by atoms with E-state index in [1.807, 2.05) is 42.5 Å². The average molecular weight is 188 g/mol. The number of carboxylic acids is 1. The van der Waals surface area contributed by atoms with E-state index in [2.05, 4.69) is 0 Å². The van der Waals surface area contributed by atoms with Crippen molar-refractivity contribution in [1.29, 1.82) is 0 Å². The van der Waals surface area contributed by atoms with E-state index in [0.29, 0.717) is 6.42 Å². The van der Waals surface area contributed by atoms with Crippen LogP contribution in [0.15, 0.2) is 42.5 Å². The van der Waals surface area contributed by atoms with E-state index >= 15 is 0 Å². The minimum absolute atomic E-state index is 0.0497. The lowest BCUT2D eigenvalue weighted by molar-refractivity contribution is -0.141. The summed E-state index contributed by atoms with van der Waals surface area (Å²) in [5.41, 5.74) is 1.09. The molecule has 2 rings (SSSR count). The predicted octanol–water partition coefficient (Wildman–Crippen LogP) is 2.43. The van der Waals surface area contributed by atoms with E-state index in [4.69, 9.17) is 5.11 Å². The monoisotopic (exact) mass is 188 g/mol. The van der Waals surface area contributed by atoms with Crippen molar-refractivity contribution in [2.45, 2.75) is 12.3 Å². The zero-order valence-electron chi connectivity index (χ0n) is 7.76. The van der Waals surface area contributed by atoms with Crippen molar-refractivity contribution < 1.29 is 9.90 Å². The predicted molar refractivity (Wildman–Crippen MR) is 54.1 cm³/mol. The fourth-order valence-corrected chi connectivity index (χ4v) is 1.93. The van der Waals surface area contributed by atoms with Gasteiger partial charge in [0.1, 0.15) is 0 Å². The number of benzene rings is 1. The number of aliphatic carboxylic acids is 1. The smallest absolute Gasteiger partial charge is 0.307 e. The van der Waals surface area contributed by atoms with Crippen LogP contribution < -0.4 is 0 Å². The second kappa shape index (κ2) is 3.66. The lowest BCUT2D eigenvalue weighted by atomic mass is 9.89. The summed E-state index contributed by atoms with van der Waals surface area (Å²) in [4.78, 5) is 10.9. The third kappa shape index (κ3) is 1.55. The molecule has 1 aliphatic carbocycles. The summed E-state index contributed by atoms with van der Waals surface area (Å²) in [5, 5.41) is 9.00. The van der Waals surface area contributed by atoms with E-state index < -0.39 is 5.97 Å². The van der Waals surface area contributed by atoms with Gasteiger partial charge in [-0.15, -0.1) is 0 Å². The standard InChI is InChI=1S/C12H12O2/c13-12(14)11-8-4-7-10(11)9-5-2-1-3-6-9/h1-7,10-11H,8H2,(H,13,14). The Kier molecular flexibility index (Phi) is 2.35. The number of carbonyl (C=O) groups is 1. The maximum Gasteiger partial charge on any atom is 0.307 e. The quantitative estimate of drug-likeness (QED) is 0.724. The molecule has 0 fully saturated rings. The average Bonchev–Trinajstić information content (AvgIpc) is 2.67. The lowest BCUT2D eigenvalue weighted by Crippen LogP contribution is -2.17. The summed E-state index contributed by atoms with van der Waals surface area (Å²) in [6.07, 6.45) is 4.60. The topological polar surface area (TPSA) is 37.3 Å². The highest BCUT2D eigenvalue weighted by molar-refractivity contribution is 5.73.